The van der Waals surface area contributed by atoms with Crippen molar-refractivity contribution in [1.82, 2.24) is 10.2 Å². The van der Waals surface area contributed by atoms with Gasteiger partial charge in [0.05, 0.1) is 17.0 Å². The fourth-order valence-corrected chi connectivity index (χ4v) is 5.81. The standard InChI is InChI=1S/C24H28BrCl2N3O4S/c1-16(24(32)28-20-8-3-4-9-20)29(14-17-6-5-7-18(25)12-17)23(31)15-30(35(2,33)34)22-13-19(26)10-11-21(22)27/h5-7,10-13,16,20H,3-4,8-9,14-15H2,1-2H3,(H,28,32). The van der Waals surface area contributed by atoms with E-state index in [4.69, 9.17) is 23.2 Å². The molecule has 1 fully saturated rings. The van der Waals surface area contributed by atoms with Gasteiger partial charge in [0.2, 0.25) is 21.8 Å². The predicted octanol–water partition coefficient (Wildman–Crippen LogP) is 5.00. The maximum Gasteiger partial charge on any atom is 0.244 e. The highest BCUT2D eigenvalue weighted by atomic mass is 79.9. The summed E-state index contributed by atoms with van der Waals surface area (Å²) in [6.45, 7) is 1.24. The molecule has 0 radical (unpaired) electrons. The van der Waals surface area contributed by atoms with Crippen molar-refractivity contribution < 1.29 is 18.0 Å². The first-order valence-corrected chi connectivity index (χ1v) is 14.6. The van der Waals surface area contributed by atoms with Gasteiger partial charge in [-0.2, -0.15) is 0 Å². The summed E-state index contributed by atoms with van der Waals surface area (Å²) in [7, 11) is -3.90. The molecule has 1 aliphatic carbocycles. The summed E-state index contributed by atoms with van der Waals surface area (Å²) < 4.78 is 27.1. The Morgan fingerprint density at radius 3 is 2.46 bits per heavy atom. The molecule has 0 spiro atoms. The Morgan fingerprint density at radius 1 is 1.14 bits per heavy atom. The van der Waals surface area contributed by atoms with Gasteiger partial charge in [0.25, 0.3) is 0 Å². The molecule has 0 bridgehead atoms. The second kappa shape index (κ2) is 12.0. The molecule has 2 amide bonds. The molecule has 11 heteroatoms. The molecule has 190 valence electrons. The molecule has 1 saturated carbocycles. The van der Waals surface area contributed by atoms with Crippen molar-refractivity contribution in [1.29, 1.82) is 0 Å². The van der Waals surface area contributed by atoms with Crippen molar-refractivity contribution in [2.45, 2.75) is 51.2 Å². The molecule has 3 rings (SSSR count). The molecule has 35 heavy (non-hydrogen) atoms. The van der Waals surface area contributed by atoms with Crippen LogP contribution in [-0.4, -0.2) is 50.0 Å². The van der Waals surface area contributed by atoms with E-state index in [0.29, 0.717) is 0 Å². The van der Waals surface area contributed by atoms with Crippen LogP contribution in [0.2, 0.25) is 10.0 Å². The zero-order valence-corrected chi connectivity index (χ0v) is 23.4. The zero-order chi connectivity index (χ0) is 25.8. The van der Waals surface area contributed by atoms with E-state index in [0.717, 1.165) is 46.3 Å². The summed E-state index contributed by atoms with van der Waals surface area (Å²) >= 11 is 15.8. The van der Waals surface area contributed by atoms with Crippen LogP contribution in [0.3, 0.4) is 0 Å². The molecule has 1 N–H and O–H groups in total. The van der Waals surface area contributed by atoms with E-state index < -0.39 is 28.5 Å². The van der Waals surface area contributed by atoms with Gasteiger partial charge in [0.15, 0.2) is 0 Å². The number of hydrogen-bond acceptors (Lipinski definition) is 4. The van der Waals surface area contributed by atoms with Crippen molar-refractivity contribution >= 4 is 66.7 Å². The molecule has 0 saturated heterocycles. The maximum atomic E-state index is 13.6. The van der Waals surface area contributed by atoms with Crippen molar-refractivity contribution in [3.05, 3.63) is 62.5 Å². The van der Waals surface area contributed by atoms with Gasteiger partial charge in [-0.15, -0.1) is 0 Å². The van der Waals surface area contributed by atoms with Gasteiger partial charge in [-0.05, 0) is 55.7 Å². The van der Waals surface area contributed by atoms with E-state index in [1.165, 1.54) is 23.1 Å². The average Bonchev–Trinajstić information content (AvgIpc) is 3.29. The van der Waals surface area contributed by atoms with Crippen molar-refractivity contribution in [3.63, 3.8) is 0 Å². The van der Waals surface area contributed by atoms with Crippen LogP contribution in [-0.2, 0) is 26.2 Å². The molecule has 1 unspecified atom stereocenters. The van der Waals surface area contributed by atoms with Crippen molar-refractivity contribution in [3.8, 4) is 0 Å². The van der Waals surface area contributed by atoms with Crippen LogP contribution in [0.4, 0.5) is 5.69 Å². The Morgan fingerprint density at radius 2 is 1.83 bits per heavy atom. The molecule has 1 aliphatic rings. The first kappa shape index (κ1) is 27.8. The van der Waals surface area contributed by atoms with E-state index >= 15 is 0 Å². The van der Waals surface area contributed by atoms with E-state index in [1.807, 2.05) is 24.3 Å². The summed E-state index contributed by atoms with van der Waals surface area (Å²) in [4.78, 5) is 28.1. The van der Waals surface area contributed by atoms with Crippen LogP contribution in [0.25, 0.3) is 0 Å². The van der Waals surface area contributed by atoms with Gasteiger partial charge in [0.1, 0.15) is 12.6 Å². The van der Waals surface area contributed by atoms with Crippen LogP contribution in [0.1, 0.15) is 38.2 Å². The molecular weight excluding hydrogens is 577 g/mol. The Hall–Kier alpha value is -1.81. The largest absolute Gasteiger partial charge is 0.352 e. The van der Waals surface area contributed by atoms with Crippen LogP contribution < -0.4 is 9.62 Å². The van der Waals surface area contributed by atoms with E-state index in [1.54, 1.807) is 6.92 Å². The minimum absolute atomic E-state index is 0.0885. The van der Waals surface area contributed by atoms with E-state index in [9.17, 15) is 18.0 Å². The Balaban J connectivity index is 1.91. The minimum atomic E-state index is -3.90. The van der Waals surface area contributed by atoms with E-state index in [2.05, 4.69) is 21.2 Å². The lowest BCUT2D eigenvalue weighted by atomic mass is 10.1. The van der Waals surface area contributed by atoms with Crippen LogP contribution in [0.15, 0.2) is 46.9 Å². The molecule has 1 atom stereocenters. The van der Waals surface area contributed by atoms with Crippen LogP contribution >= 0.6 is 39.1 Å². The summed E-state index contributed by atoms with van der Waals surface area (Å²) in [6.07, 6.45) is 4.93. The van der Waals surface area contributed by atoms with Gasteiger partial charge >= 0.3 is 0 Å². The second-order valence-corrected chi connectivity index (χ2v) is 12.3. The van der Waals surface area contributed by atoms with Crippen molar-refractivity contribution in [2.24, 2.45) is 0 Å². The molecular formula is C24H28BrCl2N3O4S. The number of benzene rings is 2. The number of nitrogens with one attached hydrogen (secondary N) is 1. The van der Waals surface area contributed by atoms with Gasteiger partial charge in [-0.1, -0.05) is 64.1 Å². The quantitative estimate of drug-likeness (QED) is 0.436. The van der Waals surface area contributed by atoms with Gasteiger partial charge < -0.3 is 10.2 Å². The third-order valence-corrected chi connectivity index (χ3v) is 8.14. The third kappa shape index (κ3) is 7.59. The lowest BCUT2D eigenvalue weighted by Crippen LogP contribution is -2.52. The highest BCUT2D eigenvalue weighted by molar-refractivity contribution is 9.10. The van der Waals surface area contributed by atoms with Crippen molar-refractivity contribution in [2.75, 3.05) is 17.1 Å². The Labute approximate surface area is 224 Å². The Bertz CT molecular complexity index is 1190. The first-order valence-electron chi connectivity index (χ1n) is 11.2. The number of carbonyl (C=O) groups is 2. The summed E-state index contributed by atoms with van der Waals surface area (Å²) in [5.41, 5.74) is 0.889. The fourth-order valence-electron chi connectivity index (χ4n) is 4.08. The first-order chi connectivity index (χ1) is 16.5. The molecule has 2 aromatic carbocycles. The van der Waals surface area contributed by atoms with Gasteiger partial charge in [0, 0.05) is 22.1 Å². The SMILES string of the molecule is CC(C(=O)NC1CCCC1)N(Cc1cccc(Br)c1)C(=O)CN(c1cc(Cl)ccc1Cl)S(C)(=O)=O. The summed E-state index contributed by atoms with van der Waals surface area (Å²) in [5.74, 6) is -0.813. The van der Waals surface area contributed by atoms with Gasteiger partial charge in [-0.3, -0.25) is 13.9 Å². The highest BCUT2D eigenvalue weighted by Crippen LogP contribution is 2.31. The molecule has 0 aliphatic heterocycles. The second-order valence-electron chi connectivity index (χ2n) is 8.68. The predicted molar refractivity (Wildman–Crippen MR) is 143 cm³/mol. The van der Waals surface area contributed by atoms with Gasteiger partial charge in [-0.25, -0.2) is 8.42 Å². The number of hydrogen-bond donors (Lipinski definition) is 1. The smallest absolute Gasteiger partial charge is 0.244 e. The third-order valence-electron chi connectivity index (χ3n) is 5.97. The van der Waals surface area contributed by atoms with Crippen LogP contribution in [0, 0.1) is 0 Å². The topological polar surface area (TPSA) is 86.8 Å². The number of sulfonamides is 1. The van der Waals surface area contributed by atoms with E-state index in [-0.39, 0.29) is 34.2 Å². The molecule has 0 aromatic heterocycles. The monoisotopic (exact) mass is 603 g/mol. The molecule has 7 nitrogen and oxygen atoms in total. The minimum Gasteiger partial charge on any atom is -0.352 e. The summed E-state index contributed by atoms with van der Waals surface area (Å²) in [5, 5.41) is 3.45. The van der Waals surface area contributed by atoms with Crippen LogP contribution in [0.5, 0.6) is 0 Å². The normalized spacial score (nSPS) is 15.0. The number of amides is 2. The maximum absolute atomic E-state index is 13.6. The average molecular weight is 605 g/mol. The number of nitrogens with zero attached hydrogens (tertiary/aromatic N) is 2. The molecule has 2 aromatic rings. The fraction of sp³-hybridized carbons (Fsp3) is 0.417. The zero-order valence-electron chi connectivity index (χ0n) is 19.5. The molecule has 0 heterocycles. The number of anilines is 1. The highest BCUT2D eigenvalue weighted by Gasteiger charge is 2.32. The summed E-state index contributed by atoms with van der Waals surface area (Å²) in [6, 6.07) is 11.1. The number of carbonyl (C=O) groups excluding carboxylic acids is 2. The number of rotatable bonds is 9. The Kier molecular flexibility index (Phi) is 9.48. The number of halogens is 3. The lowest BCUT2D eigenvalue weighted by molar-refractivity contribution is -0.139. The lowest BCUT2D eigenvalue weighted by Gasteiger charge is -2.32.